The van der Waals surface area contributed by atoms with E-state index < -0.39 is 30.9 Å². The summed E-state index contributed by atoms with van der Waals surface area (Å²) in [6.07, 6.45) is 0. The summed E-state index contributed by atoms with van der Waals surface area (Å²) in [4.78, 5) is 49.1. The Kier molecular flexibility index (Phi) is 9.16. The molecule has 0 aliphatic rings. The highest BCUT2D eigenvalue weighted by Crippen LogP contribution is 2.15. The minimum Gasteiger partial charge on any atom is -0.497 e. The van der Waals surface area contributed by atoms with Gasteiger partial charge in [0.25, 0.3) is 17.7 Å². The first-order valence-corrected chi connectivity index (χ1v) is 11.2. The smallest absolute Gasteiger partial charge is 0.325 e. The average Bonchev–Trinajstić information content (AvgIpc) is 2.90. The second-order valence-electron chi connectivity index (χ2n) is 7.84. The van der Waals surface area contributed by atoms with Crippen LogP contribution in [0.5, 0.6) is 5.75 Å². The predicted octanol–water partition coefficient (Wildman–Crippen LogP) is 2.85. The van der Waals surface area contributed by atoms with Crippen LogP contribution in [0.2, 0.25) is 0 Å². The Morgan fingerprint density at radius 3 is 2.33 bits per heavy atom. The van der Waals surface area contributed by atoms with Gasteiger partial charge in [0.2, 0.25) is 0 Å². The number of aryl methyl sites for hydroxylation is 1. The van der Waals surface area contributed by atoms with Gasteiger partial charge in [-0.15, -0.1) is 0 Å². The second-order valence-corrected chi connectivity index (χ2v) is 7.84. The van der Waals surface area contributed by atoms with Gasteiger partial charge in [-0.25, -0.2) is 0 Å². The highest BCUT2D eigenvalue weighted by Gasteiger charge is 2.15. The first-order chi connectivity index (χ1) is 17.4. The highest BCUT2D eigenvalue weighted by atomic mass is 16.5. The van der Waals surface area contributed by atoms with Crippen LogP contribution in [0, 0.1) is 6.92 Å². The molecular weight excluding hydrogens is 462 g/mol. The maximum absolute atomic E-state index is 12.7. The van der Waals surface area contributed by atoms with E-state index in [2.05, 4.69) is 16.0 Å². The van der Waals surface area contributed by atoms with Gasteiger partial charge in [0.15, 0.2) is 6.61 Å². The van der Waals surface area contributed by atoms with Crippen LogP contribution >= 0.6 is 0 Å². The number of nitrogens with one attached hydrogen (secondary N) is 3. The molecule has 3 aromatic carbocycles. The summed E-state index contributed by atoms with van der Waals surface area (Å²) in [5.41, 5.74) is 2.94. The lowest BCUT2D eigenvalue weighted by Gasteiger charge is -2.12. The molecule has 0 spiro atoms. The molecular formula is C27H27N3O6. The molecule has 9 heteroatoms. The molecule has 0 heterocycles. The summed E-state index contributed by atoms with van der Waals surface area (Å²) in [5.74, 6) is -1.75. The molecule has 0 fully saturated rings. The predicted molar refractivity (Wildman–Crippen MR) is 134 cm³/mol. The number of anilines is 1. The fourth-order valence-electron chi connectivity index (χ4n) is 3.18. The summed E-state index contributed by atoms with van der Waals surface area (Å²) in [7, 11) is 1.48. The molecule has 3 amide bonds. The Balaban J connectivity index is 1.47. The number of carbonyl (C=O) groups is 4. The largest absolute Gasteiger partial charge is 0.497 e. The van der Waals surface area contributed by atoms with Crippen molar-refractivity contribution >= 4 is 29.4 Å². The average molecular weight is 490 g/mol. The molecule has 9 nitrogen and oxygen atoms in total. The van der Waals surface area contributed by atoms with Gasteiger partial charge in [0.1, 0.15) is 12.3 Å². The molecule has 0 saturated carbocycles. The Morgan fingerprint density at radius 1 is 0.833 bits per heavy atom. The zero-order valence-electron chi connectivity index (χ0n) is 20.0. The summed E-state index contributed by atoms with van der Waals surface area (Å²) in [5, 5.41) is 7.82. The van der Waals surface area contributed by atoms with Crippen LogP contribution in [0.4, 0.5) is 5.69 Å². The maximum atomic E-state index is 12.7. The number of amides is 3. The molecule has 0 atom stereocenters. The molecule has 0 bridgehead atoms. The van der Waals surface area contributed by atoms with Gasteiger partial charge in [-0.1, -0.05) is 48.0 Å². The van der Waals surface area contributed by atoms with Crippen molar-refractivity contribution in [1.29, 1.82) is 0 Å². The van der Waals surface area contributed by atoms with Crippen LogP contribution in [0.25, 0.3) is 0 Å². The Hall–Kier alpha value is -4.66. The third-order valence-corrected chi connectivity index (χ3v) is 5.11. The Labute approximate surface area is 208 Å². The van der Waals surface area contributed by atoms with E-state index in [4.69, 9.17) is 9.47 Å². The molecule has 0 radical (unpaired) electrons. The minimum atomic E-state index is -0.787. The number of benzene rings is 3. The third kappa shape index (κ3) is 7.69. The number of rotatable bonds is 10. The number of hydrogen-bond donors (Lipinski definition) is 3. The number of carbonyl (C=O) groups excluding carboxylic acids is 4. The molecule has 0 aliphatic carbocycles. The standard InChI is InChI=1S/C27H27N3O6/c1-18-10-12-19(13-11-18)15-28-27(34)22-8-3-4-9-23(22)30-24(31)17-36-25(32)16-29-26(33)20-6-5-7-21(14-20)35-2/h3-14H,15-17H2,1-2H3,(H,28,34)(H,29,33)(H,30,31). The first-order valence-electron chi connectivity index (χ1n) is 11.2. The van der Waals surface area contributed by atoms with Gasteiger partial charge < -0.3 is 25.4 Å². The molecule has 0 unspecified atom stereocenters. The number of methoxy groups -OCH3 is 1. The lowest BCUT2D eigenvalue weighted by Crippen LogP contribution is -2.32. The Morgan fingerprint density at radius 2 is 1.58 bits per heavy atom. The van der Waals surface area contributed by atoms with E-state index in [9.17, 15) is 19.2 Å². The highest BCUT2D eigenvalue weighted by molar-refractivity contribution is 6.04. The van der Waals surface area contributed by atoms with Gasteiger partial charge in [0.05, 0.1) is 18.4 Å². The van der Waals surface area contributed by atoms with E-state index in [1.165, 1.54) is 13.2 Å². The molecule has 0 aromatic heterocycles. The number of hydrogen-bond acceptors (Lipinski definition) is 6. The summed E-state index contributed by atoms with van der Waals surface area (Å²) < 4.78 is 10.00. The molecule has 3 aromatic rings. The normalized spacial score (nSPS) is 10.2. The number of ether oxygens (including phenoxy) is 2. The third-order valence-electron chi connectivity index (χ3n) is 5.11. The van der Waals surface area contributed by atoms with Crippen molar-refractivity contribution in [3.05, 3.63) is 95.1 Å². The van der Waals surface area contributed by atoms with Gasteiger partial charge in [-0.2, -0.15) is 0 Å². The maximum Gasteiger partial charge on any atom is 0.325 e. The van der Waals surface area contributed by atoms with Crippen LogP contribution < -0.4 is 20.7 Å². The number of esters is 1. The van der Waals surface area contributed by atoms with Gasteiger partial charge >= 0.3 is 5.97 Å². The molecule has 3 N–H and O–H groups in total. The van der Waals surface area contributed by atoms with E-state index >= 15 is 0 Å². The molecule has 0 saturated heterocycles. The molecule has 36 heavy (non-hydrogen) atoms. The quantitative estimate of drug-likeness (QED) is 0.377. The van der Waals surface area contributed by atoms with Crippen LogP contribution in [-0.4, -0.2) is 44.0 Å². The SMILES string of the molecule is COc1cccc(C(=O)NCC(=O)OCC(=O)Nc2ccccc2C(=O)NCc2ccc(C)cc2)c1. The summed E-state index contributed by atoms with van der Waals surface area (Å²) >= 11 is 0. The fraction of sp³-hybridized carbons (Fsp3) is 0.185. The van der Waals surface area contributed by atoms with Crippen LogP contribution in [0.1, 0.15) is 31.8 Å². The van der Waals surface area contributed by atoms with Crippen molar-refractivity contribution in [3.63, 3.8) is 0 Å². The van der Waals surface area contributed by atoms with E-state index in [-0.39, 0.29) is 17.2 Å². The van der Waals surface area contributed by atoms with Gasteiger partial charge in [-0.3, -0.25) is 19.2 Å². The van der Waals surface area contributed by atoms with E-state index in [0.717, 1.165) is 11.1 Å². The number of para-hydroxylation sites is 1. The van der Waals surface area contributed by atoms with Gasteiger partial charge in [-0.05, 0) is 42.8 Å². The van der Waals surface area contributed by atoms with E-state index in [1.54, 1.807) is 42.5 Å². The van der Waals surface area contributed by atoms with Crippen molar-refractivity contribution in [1.82, 2.24) is 10.6 Å². The van der Waals surface area contributed by atoms with Crippen molar-refractivity contribution in [2.24, 2.45) is 0 Å². The summed E-state index contributed by atoms with van der Waals surface area (Å²) in [6, 6.07) is 20.7. The van der Waals surface area contributed by atoms with Crippen molar-refractivity contribution < 1.29 is 28.7 Å². The first kappa shape index (κ1) is 26.0. The zero-order chi connectivity index (χ0) is 25.9. The van der Waals surface area contributed by atoms with Crippen molar-refractivity contribution in [2.75, 3.05) is 25.6 Å². The molecule has 0 aliphatic heterocycles. The monoisotopic (exact) mass is 489 g/mol. The topological polar surface area (TPSA) is 123 Å². The van der Waals surface area contributed by atoms with Crippen LogP contribution in [-0.2, 0) is 20.9 Å². The lowest BCUT2D eigenvalue weighted by molar-refractivity contribution is -0.146. The van der Waals surface area contributed by atoms with Gasteiger partial charge in [0, 0.05) is 12.1 Å². The Bertz CT molecular complexity index is 1240. The zero-order valence-corrected chi connectivity index (χ0v) is 20.0. The lowest BCUT2D eigenvalue weighted by atomic mass is 10.1. The van der Waals surface area contributed by atoms with Crippen molar-refractivity contribution in [2.45, 2.75) is 13.5 Å². The second kappa shape index (κ2) is 12.7. The summed E-state index contributed by atoms with van der Waals surface area (Å²) in [6.45, 7) is 1.33. The fourth-order valence-corrected chi connectivity index (χ4v) is 3.18. The molecule has 186 valence electrons. The van der Waals surface area contributed by atoms with Crippen molar-refractivity contribution in [3.8, 4) is 5.75 Å². The minimum absolute atomic E-state index is 0.273. The van der Waals surface area contributed by atoms with Crippen LogP contribution in [0.15, 0.2) is 72.8 Å². The van der Waals surface area contributed by atoms with Crippen LogP contribution in [0.3, 0.4) is 0 Å². The van der Waals surface area contributed by atoms with E-state index in [0.29, 0.717) is 17.9 Å². The molecule has 3 rings (SSSR count). The van der Waals surface area contributed by atoms with E-state index in [1.807, 2.05) is 31.2 Å².